The molecular weight excluding hydrogens is 320 g/mol. The van der Waals surface area contributed by atoms with E-state index in [9.17, 15) is 4.79 Å². The normalized spacial score (nSPS) is 18.4. The van der Waals surface area contributed by atoms with Gasteiger partial charge < -0.3 is 14.2 Å². The largest absolute Gasteiger partial charge is 0.465 e. The molecule has 1 atom stereocenters. The van der Waals surface area contributed by atoms with Crippen LogP contribution in [0.5, 0.6) is 0 Å². The molecule has 2 aromatic rings. The Morgan fingerprint density at radius 2 is 2.08 bits per heavy atom. The smallest absolute Gasteiger partial charge is 0.337 e. The first-order valence-electron chi connectivity index (χ1n) is 8.59. The number of hydrogen-bond donors (Lipinski definition) is 0. The van der Waals surface area contributed by atoms with Gasteiger partial charge in [-0.25, -0.2) is 4.79 Å². The lowest BCUT2D eigenvalue weighted by molar-refractivity contribution is 0.0600. The molecule has 2 heterocycles. The lowest BCUT2D eigenvalue weighted by Gasteiger charge is -2.40. The minimum atomic E-state index is -0.309. The van der Waals surface area contributed by atoms with Gasteiger partial charge in [0.1, 0.15) is 0 Å². The molecule has 0 saturated carbocycles. The van der Waals surface area contributed by atoms with E-state index < -0.39 is 0 Å². The van der Waals surface area contributed by atoms with Crippen molar-refractivity contribution in [2.75, 3.05) is 31.6 Å². The molecular formula is C18H24N4O3. The summed E-state index contributed by atoms with van der Waals surface area (Å²) in [5.74, 6) is 1.13. The maximum absolute atomic E-state index is 11.5. The number of hydrogen-bond acceptors (Lipinski definition) is 7. The summed E-state index contributed by atoms with van der Waals surface area (Å²) in [6.07, 6.45) is 0.786. The number of anilines is 1. The van der Waals surface area contributed by atoms with Crippen LogP contribution in [0.25, 0.3) is 0 Å². The number of rotatable bonds is 5. The molecule has 1 saturated heterocycles. The molecule has 134 valence electrons. The fourth-order valence-electron chi connectivity index (χ4n) is 3.06. The minimum absolute atomic E-state index is 0.309. The molecule has 7 heteroatoms. The van der Waals surface area contributed by atoms with Gasteiger partial charge in [0.25, 0.3) is 0 Å². The third-order valence-electron chi connectivity index (χ3n) is 4.58. The quantitative estimate of drug-likeness (QED) is 0.769. The zero-order valence-corrected chi connectivity index (χ0v) is 14.9. The van der Waals surface area contributed by atoms with E-state index in [4.69, 9.17) is 9.26 Å². The predicted molar refractivity (Wildman–Crippen MR) is 93.5 cm³/mol. The van der Waals surface area contributed by atoms with Gasteiger partial charge in [0.2, 0.25) is 5.89 Å². The van der Waals surface area contributed by atoms with Gasteiger partial charge in [-0.1, -0.05) is 12.1 Å². The Morgan fingerprint density at radius 3 is 2.68 bits per heavy atom. The van der Waals surface area contributed by atoms with Gasteiger partial charge in [-0.15, -0.1) is 0 Å². The van der Waals surface area contributed by atoms with Crippen molar-refractivity contribution in [2.24, 2.45) is 0 Å². The number of carbonyl (C=O) groups excluding carboxylic acids is 1. The van der Waals surface area contributed by atoms with Crippen LogP contribution in [-0.4, -0.2) is 53.8 Å². The molecule has 25 heavy (non-hydrogen) atoms. The summed E-state index contributed by atoms with van der Waals surface area (Å²) in [6.45, 7) is 7.64. The molecule has 3 rings (SSSR count). The van der Waals surface area contributed by atoms with Crippen molar-refractivity contribution in [3.05, 3.63) is 41.5 Å². The summed E-state index contributed by atoms with van der Waals surface area (Å²) in [4.78, 5) is 20.6. The lowest BCUT2D eigenvalue weighted by Crippen LogP contribution is -2.51. The van der Waals surface area contributed by atoms with Crippen LogP contribution in [0.4, 0.5) is 5.69 Å². The third kappa shape index (κ3) is 3.99. The highest BCUT2D eigenvalue weighted by molar-refractivity contribution is 5.89. The van der Waals surface area contributed by atoms with Crippen LogP contribution in [0.15, 0.2) is 28.8 Å². The lowest BCUT2D eigenvalue weighted by atomic mass is 10.1. The Bertz CT molecular complexity index is 713. The van der Waals surface area contributed by atoms with E-state index >= 15 is 0 Å². The molecule has 1 aromatic carbocycles. The Balaban J connectivity index is 1.60. The molecule has 0 N–H and O–H groups in total. The van der Waals surface area contributed by atoms with Gasteiger partial charge >= 0.3 is 5.97 Å². The van der Waals surface area contributed by atoms with Gasteiger partial charge in [0.05, 0.1) is 19.2 Å². The summed E-state index contributed by atoms with van der Waals surface area (Å²) < 4.78 is 10.0. The Labute approximate surface area is 147 Å². The first kappa shape index (κ1) is 17.4. The average Bonchev–Trinajstić information content (AvgIpc) is 3.10. The summed E-state index contributed by atoms with van der Waals surface area (Å²) in [7, 11) is 1.39. The number of ether oxygens (including phenoxy) is 1. The molecule has 1 aliphatic rings. The van der Waals surface area contributed by atoms with Crippen LogP contribution in [0.2, 0.25) is 0 Å². The van der Waals surface area contributed by atoms with Crippen molar-refractivity contribution >= 4 is 11.7 Å². The number of benzene rings is 1. The van der Waals surface area contributed by atoms with Crippen molar-refractivity contribution in [3.63, 3.8) is 0 Å². The van der Waals surface area contributed by atoms with E-state index in [0.29, 0.717) is 24.0 Å². The summed E-state index contributed by atoms with van der Waals surface area (Å²) in [5, 5.41) is 3.96. The average molecular weight is 344 g/mol. The second kappa shape index (κ2) is 7.65. The third-order valence-corrected chi connectivity index (χ3v) is 4.58. The van der Waals surface area contributed by atoms with Crippen LogP contribution in [0.1, 0.15) is 35.9 Å². The van der Waals surface area contributed by atoms with E-state index in [2.05, 4.69) is 26.9 Å². The Hall–Kier alpha value is -2.41. The standard InChI is InChI=1S/C18H24N4O3/c1-4-16-19-17(25-20-16)12-21-9-10-22(11-13(21)2)15-7-5-14(6-8-15)18(23)24-3/h5-8,13H,4,9-12H2,1-3H3. The Morgan fingerprint density at radius 1 is 1.32 bits per heavy atom. The SMILES string of the molecule is CCc1noc(CN2CCN(c3ccc(C(=O)OC)cc3)CC2C)n1. The number of carbonyl (C=O) groups is 1. The minimum Gasteiger partial charge on any atom is -0.465 e. The highest BCUT2D eigenvalue weighted by atomic mass is 16.5. The maximum atomic E-state index is 11.5. The van der Waals surface area contributed by atoms with Crippen molar-refractivity contribution in [2.45, 2.75) is 32.9 Å². The van der Waals surface area contributed by atoms with E-state index in [0.717, 1.165) is 37.6 Å². The monoisotopic (exact) mass is 344 g/mol. The van der Waals surface area contributed by atoms with E-state index in [1.165, 1.54) is 7.11 Å². The second-order valence-electron chi connectivity index (χ2n) is 6.26. The van der Waals surface area contributed by atoms with Gasteiger partial charge in [-0.2, -0.15) is 4.98 Å². The van der Waals surface area contributed by atoms with Gasteiger partial charge in [-0.3, -0.25) is 4.90 Å². The number of nitrogens with zero attached hydrogens (tertiary/aromatic N) is 4. The molecule has 1 unspecified atom stereocenters. The van der Waals surface area contributed by atoms with Crippen LogP contribution in [-0.2, 0) is 17.7 Å². The van der Waals surface area contributed by atoms with E-state index in [1.807, 2.05) is 31.2 Å². The fraction of sp³-hybridized carbons (Fsp3) is 0.500. The topological polar surface area (TPSA) is 71.7 Å². The first-order valence-corrected chi connectivity index (χ1v) is 8.59. The zero-order valence-electron chi connectivity index (χ0n) is 14.9. The van der Waals surface area contributed by atoms with Crippen LogP contribution >= 0.6 is 0 Å². The zero-order chi connectivity index (χ0) is 17.8. The number of aryl methyl sites for hydroxylation is 1. The van der Waals surface area contributed by atoms with Crippen LogP contribution in [0.3, 0.4) is 0 Å². The molecule has 0 aliphatic carbocycles. The summed E-state index contributed by atoms with van der Waals surface area (Å²) in [5.41, 5.74) is 1.69. The van der Waals surface area contributed by atoms with Crippen molar-refractivity contribution in [3.8, 4) is 0 Å². The highest BCUT2D eigenvalue weighted by Gasteiger charge is 2.25. The van der Waals surface area contributed by atoms with Gasteiger partial charge in [0.15, 0.2) is 5.82 Å². The summed E-state index contributed by atoms with van der Waals surface area (Å²) >= 11 is 0. The number of piperazine rings is 1. The molecule has 0 amide bonds. The summed E-state index contributed by atoms with van der Waals surface area (Å²) in [6, 6.07) is 7.93. The van der Waals surface area contributed by atoms with E-state index in [1.54, 1.807) is 0 Å². The van der Waals surface area contributed by atoms with Crippen LogP contribution < -0.4 is 4.90 Å². The van der Waals surface area contributed by atoms with Crippen molar-refractivity contribution in [1.29, 1.82) is 0 Å². The molecule has 1 aliphatic heterocycles. The predicted octanol–water partition coefficient (Wildman–Crippen LogP) is 2.13. The molecule has 0 radical (unpaired) electrons. The second-order valence-corrected chi connectivity index (χ2v) is 6.26. The molecule has 0 bridgehead atoms. The molecule has 0 spiro atoms. The van der Waals surface area contributed by atoms with Crippen molar-refractivity contribution < 1.29 is 14.1 Å². The van der Waals surface area contributed by atoms with E-state index in [-0.39, 0.29) is 5.97 Å². The number of esters is 1. The highest BCUT2D eigenvalue weighted by Crippen LogP contribution is 2.21. The van der Waals surface area contributed by atoms with Gasteiger partial charge in [0, 0.05) is 37.8 Å². The molecule has 1 fully saturated rings. The fourth-order valence-corrected chi connectivity index (χ4v) is 3.06. The van der Waals surface area contributed by atoms with Gasteiger partial charge in [-0.05, 0) is 31.2 Å². The van der Waals surface area contributed by atoms with Crippen molar-refractivity contribution in [1.82, 2.24) is 15.0 Å². The Kier molecular flexibility index (Phi) is 5.33. The number of methoxy groups -OCH3 is 1. The maximum Gasteiger partial charge on any atom is 0.337 e. The molecule has 7 nitrogen and oxygen atoms in total. The first-order chi connectivity index (χ1) is 12.1. The molecule has 1 aromatic heterocycles. The number of aromatic nitrogens is 2. The van der Waals surface area contributed by atoms with Crippen LogP contribution in [0, 0.1) is 0 Å².